The third-order valence-corrected chi connectivity index (χ3v) is 2.51. The minimum Gasteiger partial charge on any atom is -0.496 e. The molecule has 18 heavy (non-hydrogen) atoms. The molecule has 1 aromatic heterocycles. The molecule has 0 unspecified atom stereocenters. The van der Waals surface area contributed by atoms with Gasteiger partial charge in [0.25, 0.3) is 5.91 Å². The van der Waals surface area contributed by atoms with E-state index in [2.05, 4.69) is 0 Å². The molecule has 2 N–H and O–H groups in total. The number of ether oxygens (including phenoxy) is 2. The van der Waals surface area contributed by atoms with Crippen LogP contribution < -0.4 is 20.8 Å². The fourth-order valence-electron chi connectivity index (χ4n) is 1.62. The molecule has 0 radical (unpaired) electrons. The molecule has 6 nitrogen and oxygen atoms in total. The highest BCUT2D eigenvalue weighted by Gasteiger charge is 2.14. The maximum absolute atomic E-state index is 11.5. The summed E-state index contributed by atoms with van der Waals surface area (Å²) >= 11 is 0. The van der Waals surface area contributed by atoms with Crippen molar-refractivity contribution in [1.82, 2.24) is 0 Å². The summed E-state index contributed by atoms with van der Waals surface area (Å²) in [6.45, 7) is 0. The number of fused-ring (bicyclic) bond motifs is 1. The molecular weight excluding hydrogens is 238 g/mol. The van der Waals surface area contributed by atoms with E-state index in [9.17, 15) is 9.59 Å². The van der Waals surface area contributed by atoms with Crippen molar-refractivity contribution in [3.8, 4) is 11.5 Å². The first-order chi connectivity index (χ1) is 8.56. The van der Waals surface area contributed by atoms with Crippen LogP contribution >= 0.6 is 0 Å². The number of primary amides is 1. The number of rotatable bonds is 3. The van der Waals surface area contributed by atoms with Gasteiger partial charge in [0, 0.05) is 12.1 Å². The second-order valence-electron chi connectivity index (χ2n) is 3.55. The third kappa shape index (κ3) is 1.88. The number of hydrogen-bond donors (Lipinski definition) is 1. The maximum Gasteiger partial charge on any atom is 0.349 e. The van der Waals surface area contributed by atoms with E-state index in [4.69, 9.17) is 19.6 Å². The molecule has 6 heteroatoms. The summed E-state index contributed by atoms with van der Waals surface area (Å²) in [5.74, 6) is 0.0634. The lowest BCUT2D eigenvalue weighted by molar-refractivity contribution is 0.0997. The highest BCUT2D eigenvalue weighted by atomic mass is 16.5. The lowest BCUT2D eigenvalue weighted by Gasteiger charge is -2.08. The Kier molecular flexibility index (Phi) is 2.93. The van der Waals surface area contributed by atoms with Gasteiger partial charge in [0.05, 0.1) is 19.6 Å². The van der Waals surface area contributed by atoms with Crippen LogP contribution in [-0.2, 0) is 0 Å². The molecule has 0 spiro atoms. The fraction of sp³-hybridized carbons (Fsp3) is 0.167. The first-order valence-corrected chi connectivity index (χ1v) is 5.06. The van der Waals surface area contributed by atoms with Crippen molar-refractivity contribution >= 4 is 16.9 Å². The van der Waals surface area contributed by atoms with Gasteiger partial charge in [0.15, 0.2) is 0 Å². The van der Waals surface area contributed by atoms with Crippen LogP contribution in [0.2, 0.25) is 0 Å². The summed E-state index contributed by atoms with van der Waals surface area (Å²) in [6, 6.07) is 4.50. The molecule has 2 aromatic rings. The number of carbonyl (C=O) groups is 1. The number of amides is 1. The smallest absolute Gasteiger partial charge is 0.349 e. The van der Waals surface area contributed by atoms with Crippen molar-refractivity contribution in [2.75, 3.05) is 14.2 Å². The highest BCUT2D eigenvalue weighted by molar-refractivity contribution is 5.97. The fourth-order valence-corrected chi connectivity index (χ4v) is 1.62. The van der Waals surface area contributed by atoms with Crippen LogP contribution in [0.25, 0.3) is 11.0 Å². The average Bonchev–Trinajstić information content (AvgIpc) is 2.35. The van der Waals surface area contributed by atoms with Gasteiger partial charge in [0.2, 0.25) is 0 Å². The molecule has 0 aliphatic rings. The van der Waals surface area contributed by atoms with Gasteiger partial charge >= 0.3 is 5.63 Å². The van der Waals surface area contributed by atoms with Crippen LogP contribution in [0.4, 0.5) is 0 Å². The summed E-state index contributed by atoms with van der Waals surface area (Å²) < 4.78 is 15.2. The van der Waals surface area contributed by atoms with E-state index in [1.807, 2.05) is 0 Å². The Balaban J connectivity index is 2.84. The first kappa shape index (κ1) is 12.0. The molecule has 0 aliphatic heterocycles. The number of hydrogen-bond acceptors (Lipinski definition) is 5. The number of methoxy groups -OCH3 is 2. The van der Waals surface area contributed by atoms with Gasteiger partial charge < -0.3 is 19.6 Å². The van der Waals surface area contributed by atoms with Gasteiger partial charge in [-0.05, 0) is 6.07 Å². The predicted octanol–water partition coefficient (Wildman–Crippen LogP) is 0.909. The largest absolute Gasteiger partial charge is 0.496 e. The third-order valence-electron chi connectivity index (χ3n) is 2.51. The van der Waals surface area contributed by atoms with Gasteiger partial charge in [-0.15, -0.1) is 0 Å². The van der Waals surface area contributed by atoms with Gasteiger partial charge in [-0.25, -0.2) is 4.79 Å². The average molecular weight is 249 g/mol. The van der Waals surface area contributed by atoms with Crippen LogP contribution in [0.3, 0.4) is 0 Å². The zero-order chi connectivity index (χ0) is 13.3. The van der Waals surface area contributed by atoms with E-state index in [0.29, 0.717) is 16.9 Å². The number of carbonyl (C=O) groups excluding carboxylic acids is 1. The first-order valence-electron chi connectivity index (χ1n) is 5.06. The van der Waals surface area contributed by atoms with Crippen molar-refractivity contribution in [3.63, 3.8) is 0 Å². The van der Waals surface area contributed by atoms with E-state index >= 15 is 0 Å². The Bertz CT molecular complexity index is 674. The normalized spacial score (nSPS) is 10.3. The SMILES string of the molecule is COc1cc(OC)c2cc(C(N)=O)c(=O)oc2c1. The summed E-state index contributed by atoms with van der Waals surface area (Å²) in [6.07, 6.45) is 0. The van der Waals surface area contributed by atoms with Crippen molar-refractivity contribution in [2.24, 2.45) is 5.73 Å². The summed E-state index contributed by atoms with van der Waals surface area (Å²) in [5.41, 5.74) is 4.35. The monoisotopic (exact) mass is 249 g/mol. The molecule has 0 fully saturated rings. The number of nitrogens with two attached hydrogens (primary N) is 1. The van der Waals surface area contributed by atoms with Gasteiger partial charge in [-0.3, -0.25) is 4.79 Å². The van der Waals surface area contributed by atoms with Crippen molar-refractivity contribution in [3.05, 3.63) is 34.2 Å². The molecule has 0 aliphatic carbocycles. The van der Waals surface area contributed by atoms with Crippen LogP contribution in [0, 0.1) is 0 Å². The molecule has 94 valence electrons. The van der Waals surface area contributed by atoms with Gasteiger partial charge in [-0.2, -0.15) is 0 Å². The quantitative estimate of drug-likeness (QED) is 0.816. The van der Waals surface area contributed by atoms with Crippen molar-refractivity contribution < 1.29 is 18.7 Å². The molecule has 0 saturated carbocycles. The van der Waals surface area contributed by atoms with Crippen LogP contribution in [-0.4, -0.2) is 20.1 Å². The topological polar surface area (TPSA) is 91.8 Å². The highest BCUT2D eigenvalue weighted by Crippen LogP contribution is 2.30. The zero-order valence-electron chi connectivity index (χ0n) is 9.85. The lowest BCUT2D eigenvalue weighted by atomic mass is 10.1. The van der Waals surface area contributed by atoms with E-state index in [-0.39, 0.29) is 11.1 Å². The Morgan fingerprint density at radius 3 is 2.50 bits per heavy atom. The Hall–Kier alpha value is -2.50. The Labute approximate surface area is 102 Å². The van der Waals surface area contributed by atoms with E-state index in [0.717, 1.165) is 0 Å². The lowest BCUT2D eigenvalue weighted by Crippen LogP contribution is -2.20. The van der Waals surface area contributed by atoms with Crippen LogP contribution in [0.15, 0.2) is 27.4 Å². The van der Waals surface area contributed by atoms with E-state index < -0.39 is 11.5 Å². The Morgan fingerprint density at radius 1 is 1.22 bits per heavy atom. The number of benzene rings is 1. The molecule has 0 saturated heterocycles. The van der Waals surface area contributed by atoms with Crippen molar-refractivity contribution in [2.45, 2.75) is 0 Å². The van der Waals surface area contributed by atoms with E-state index in [1.165, 1.54) is 26.4 Å². The second kappa shape index (κ2) is 4.40. The second-order valence-corrected chi connectivity index (χ2v) is 3.55. The summed E-state index contributed by atoms with van der Waals surface area (Å²) in [5, 5.41) is 0.478. The molecular formula is C12H11NO5. The van der Waals surface area contributed by atoms with Crippen LogP contribution in [0.5, 0.6) is 11.5 Å². The molecule has 1 amide bonds. The maximum atomic E-state index is 11.5. The summed E-state index contributed by atoms with van der Waals surface area (Å²) in [7, 11) is 2.94. The summed E-state index contributed by atoms with van der Waals surface area (Å²) in [4.78, 5) is 22.6. The van der Waals surface area contributed by atoms with Crippen molar-refractivity contribution in [1.29, 1.82) is 0 Å². The Morgan fingerprint density at radius 2 is 1.94 bits per heavy atom. The van der Waals surface area contributed by atoms with Crippen LogP contribution in [0.1, 0.15) is 10.4 Å². The molecule has 1 aromatic carbocycles. The minimum absolute atomic E-state index is 0.217. The minimum atomic E-state index is -0.844. The van der Waals surface area contributed by atoms with Gasteiger partial charge in [-0.1, -0.05) is 0 Å². The molecule has 0 bridgehead atoms. The zero-order valence-corrected chi connectivity index (χ0v) is 9.85. The predicted molar refractivity (Wildman–Crippen MR) is 64.1 cm³/mol. The molecule has 0 atom stereocenters. The van der Waals surface area contributed by atoms with E-state index in [1.54, 1.807) is 6.07 Å². The molecule has 2 rings (SSSR count). The molecule has 1 heterocycles. The van der Waals surface area contributed by atoms with Gasteiger partial charge in [0.1, 0.15) is 22.6 Å². The standard InChI is InChI=1S/C12H11NO5/c1-16-6-3-9(17-2)7-5-8(11(13)14)12(15)18-10(7)4-6/h3-5H,1-2H3,(H2,13,14).